The second-order valence-corrected chi connectivity index (χ2v) is 6.34. The van der Waals surface area contributed by atoms with Crippen LogP contribution in [0.2, 0.25) is 0 Å². The molecule has 116 valence electrons. The molecule has 0 fully saturated rings. The minimum Gasteiger partial charge on any atom is -0.477 e. The summed E-state index contributed by atoms with van der Waals surface area (Å²) in [5.74, 6) is -0.0187. The van der Waals surface area contributed by atoms with Crippen molar-refractivity contribution < 1.29 is 9.90 Å². The van der Waals surface area contributed by atoms with Gasteiger partial charge in [-0.25, -0.2) is 14.8 Å². The number of carboxylic acids is 1. The highest BCUT2D eigenvalue weighted by atomic mass is 16.4. The van der Waals surface area contributed by atoms with E-state index in [1.807, 2.05) is 52.0 Å². The summed E-state index contributed by atoms with van der Waals surface area (Å²) < 4.78 is 0. The molecule has 0 aliphatic rings. The second-order valence-electron chi connectivity index (χ2n) is 6.34. The number of hydrogen-bond donors (Lipinski definition) is 2. The fourth-order valence-electron chi connectivity index (χ4n) is 2.11. The molecular weight excluding hydrogens is 278 g/mol. The average Bonchev–Trinajstić information content (AvgIpc) is 2.39. The summed E-state index contributed by atoms with van der Waals surface area (Å²) >= 11 is 0. The number of carbonyl (C=O) groups is 1. The summed E-state index contributed by atoms with van der Waals surface area (Å²) in [7, 11) is 0. The van der Waals surface area contributed by atoms with Crippen molar-refractivity contribution in [1.29, 1.82) is 0 Å². The second kappa shape index (κ2) is 6.13. The highest BCUT2D eigenvalue weighted by Crippen LogP contribution is 2.17. The van der Waals surface area contributed by atoms with Crippen LogP contribution in [-0.2, 0) is 6.42 Å². The molecule has 0 unspecified atom stereocenters. The Bertz CT molecular complexity index is 691. The van der Waals surface area contributed by atoms with Crippen LogP contribution in [0, 0.1) is 6.92 Å². The molecule has 2 aromatic rings. The van der Waals surface area contributed by atoms with Gasteiger partial charge < -0.3 is 10.4 Å². The van der Waals surface area contributed by atoms with Crippen molar-refractivity contribution in [3.8, 4) is 0 Å². The van der Waals surface area contributed by atoms with Gasteiger partial charge in [0.05, 0.1) is 0 Å². The van der Waals surface area contributed by atoms with Crippen LogP contribution in [0.25, 0.3) is 0 Å². The Morgan fingerprint density at radius 2 is 1.91 bits per heavy atom. The van der Waals surface area contributed by atoms with E-state index in [1.54, 1.807) is 0 Å². The molecule has 0 spiro atoms. The van der Waals surface area contributed by atoms with E-state index >= 15 is 0 Å². The standard InChI is InChI=1S/C17H21N3O2/c1-11-7-5-6-8-12(11)9-14-18-13(16(21)22)10-15(19-14)20-17(2,3)4/h5-8,10H,9H2,1-4H3,(H,21,22)(H,18,19,20). The van der Waals surface area contributed by atoms with Gasteiger partial charge in [0.25, 0.3) is 0 Å². The summed E-state index contributed by atoms with van der Waals surface area (Å²) in [6, 6.07) is 9.42. The highest BCUT2D eigenvalue weighted by Gasteiger charge is 2.15. The molecule has 0 radical (unpaired) electrons. The Morgan fingerprint density at radius 1 is 1.23 bits per heavy atom. The van der Waals surface area contributed by atoms with Crippen LogP contribution in [0.1, 0.15) is 48.2 Å². The van der Waals surface area contributed by atoms with Crippen LogP contribution in [0.15, 0.2) is 30.3 Å². The SMILES string of the molecule is Cc1ccccc1Cc1nc(NC(C)(C)C)cc(C(=O)O)n1. The highest BCUT2D eigenvalue weighted by molar-refractivity contribution is 5.86. The largest absolute Gasteiger partial charge is 0.477 e. The van der Waals surface area contributed by atoms with Gasteiger partial charge in [0.2, 0.25) is 0 Å². The third-order valence-electron chi connectivity index (χ3n) is 3.10. The van der Waals surface area contributed by atoms with Gasteiger partial charge in [-0.2, -0.15) is 0 Å². The number of aromatic nitrogens is 2. The van der Waals surface area contributed by atoms with Gasteiger partial charge in [0, 0.05) is 18.0 Å². The van der Waals surface area contributed by atoms with E-state index < -0.39 is 5.97 Å². The fraction of sp³-hybridized carbons (Fsp3) is 0.353. The third-order valence-corrected chi connectivity index (χ3v) is 3.10. The third kappa shape index (κ3) is 4.28. The van der Waals surface area contributed by atoms with Gasteiger partial charge in [-0.15, -0.1) is 0 Å². The van der Waals surface area contributed by atoms with Crippen molar-refractivity contribution in [2.24, 2.45) is 0 Å². The summed E-state index contributed by atoms with van der Waals surface area (Å²) in [5.41, 5.74) is 2.03. The number of carboxylic acid groups (broad SMARTS) is 1. The van der Waals surface area contributed by atoms with Gasteiger partial charge >= 0.3 is 5.97 Å². The molecule has 2 rings (SSSR count). The number of nitrogens with one attached hydrogen (secondary N) is 1. The fourth-order valence-corrected chi connectivity index (χ4v) is 2.11. The van der Waals surface area contributed by atoms with Crippen molar-refractivity contribution >= 4 is 11.8 Å². The van der Waals surface area contributed by atoms with E-state index in [0.29, 0.717) is 18.1 Å². The lowest BCUT2D eigenvalue weighted by Gasteiger charge is -2.21. The van der Waals surface area contributed by atoms with Crippen molar-refractivity contribution in [3.05, 3.63) is 53.0 Å². The van der Waals surface area contributed by atoms with Crippen LogP contribution in [0.3, 0.4) is 0 Å². The lowest BCUT2D eigenvalue weighted by Crippen LogP contribution is -2.27. The van der Waals surface area contributed by atoms with Gasteiger partial charge in [-0.05, 0) is 38.8 Å². The maximum atomic E-state index is 11.3. The molecule has 0 saturated carbocycles. The van der Waals surface area contributed by atoms with Crippen LogP contribution >= 0.6 is 0 Å². The lowest BCUT2D eigenvalue weighted by atomic mass is 10.1. The lowest BCUT2D eigenvalue weighted by molar-refractivity contribution is 0.0690. The number of nitrogens with zero attached hydrogens (tertiary/aromatic N) is 2. The molecule has 22 heavy (non-hydrogen) atoms. The van der Waals surface area contributed by atoms with Gasteiger partial charge in [-0.1, -0.05) is 24.3 Å². The quantitative estimate of drug-likeness (QED) is 0.906. The summed E-state index contributed by atoms with van der Waals surface area (Å²) in [5, 5.41) is 12.4. The Balaban J connectivity index is 2.38. The summed E-state index contributed by atoms with van der Waals surface area (Å²) in [6.45, 7) is 8.01. The van der Waals surface area contributed by atoms with Gasteiger partial charge in [0.15, 0.2) is 5.69 Å². The monoisotopic (exact) mass is 299 g/mol. The molecule has 5 heteroatoms. The molecule has 2 N–H and O–H groups in total. The topological polar surface area (TPSA) is 75.1 Å². The van der Waals surface area contributed by atoms with E-state index in [0.717, 1.165) is 11.1 Å². The molecule has 0 aliphatic carbocycles. The number of anilines is 1. The molecule has 0 atom stereocenters. The first-order valence-corrected chi connectivity index (χ1v) is 7.18. The predicted octanol–water partition coefficient (Wildman–Crippen LogP) is 3.28. The zero-order chi connectivity index (χ0) is 16.3. The first kappa shape index (κ1) is 15.9. The number of aryl methyl sites for hydroxylation is 1. The minimum atomic E-state index is -1.05. The van der Waals surface area contributed by atoms with E-state index in [-0.39, 0.29) is 11.2 Å². The Hall–Kier alpha value is -2.43. The zero-order valence-electron chi connectivity index (χ0n) is 13.3. The molecule has 0 aliphatic heterocycles. The maximum absolute atomic E-state index is 11.3. The summed E-state index contributed by atoms with van der Waals surface area (Å²) in [4.78, 5) is 19.9. The average molecular weight is 299 g/mol. The van der Waals surface area contributed by atoms with Crippen LogP contribution < -0.4 is 5.32 Å². The predicted molar refractivity (Wildman–Crippen MR) is 86.4 cm³/mol. The van der Waals surface area contributed by atoms with Crippen molar-refractivity contribution in [1.82, 2.24) is 9.97 Å². The first-order chi connectivity index (χ1) is 10.2. The minimum absolute atomic E-state index is 0.00494. The van der Waals surface area contributed by atoms with Crippen molar-refractivity contribution in [2.75, 3.05) is 5.32 Å². The number of benzene rings is 1. The van der Waals surface area contributed by atoms with Crippen LogP contribution in [0.5, 0.6) is 0 Å². The normalized spacial score (nSPS) is 11.3. The number of rotatable bonds is 4. The van der Waals surface area contributed by atoms with Gasteiger partial charge in [0.1, 0.15) is 11.6 Å². The Labute approximate surface area is 130 Å². The molecule has 0 amide bonds. The maximum Gasteiger partial charge on any atom is 0.354 e. The molecule has 1 heterocycles. The summed E-state index contributed by atoms with van der Waals surface area (Å²) in [6.07, 6.45) is 0.507. The van der Waals surface area contributed by atoms with E-state index in [9.17, 15) is 9.90 Å². The number of hydrogen-bond acceptors (Lipinski definition) is 4. The van der Waals surface area contributed by atoms with Crippen molar-refractivity contribution in [3.63, 3.8) is 0 Å². The van der Waals surface area contributed by atoms with Crippen molar-refractivity contribution in [2.45, 2.75) is 39.7 Å². The molecular formula is C17H21N3O2. The number of aromatic carboxylic acids is 1. The molecule has 0 bridgehead atoms. The molecule has 1 aromatic heterocycles. The van der Waals surface area contributed by atoms with Crippen LogP contribution in [-0.4, -0.2) is 26.6 Å². The first-order valence-electron chi connectivity index (χ1n) is 7.18. The zero-order valence-corrected chi connectivity index (χ0v) is 13.3. The Morgan fingerprint density at radius 3 is 2.50 bits per heavy atom. The van der Waals surface area contributed by atoms with E-state index in [1.165, 1.54) is 6.07 Å². The van der Waals surface area contributed by atoms with E-state index in [2.05, 4.69) is 15.3 Å². The van der Waals surface area contributed by atoms with E-state index in [4.69, 9.17) is 0 Å². The van der Waals surface area contributed by atoms with Crippen LogP contribution in [0.4, 0.5) is 5.82 Å². The molecule has 1 aromatic carbocycles. The molecule has 0 saturated heterocycles. The van der Waals surface area contributed by atoms with Gasteiger partial charge in [-0.3, -0.25) is 0 Å². The Kier molecular flexibility index (Phi) is 4.45. The molecule has 5 nitrogen and oxygen atoms in total. The smallest absolute Gasteiger partial charge is 0.354 e.